The summed E-state index contributed by atoms with van der Waals surface area (Å²) < 4.78 is 1.50. The Morgan fingerprint density at radius 3 is 3.06 bits per heavy atom. The van der Waals surface area contributed by atoms with Crippen molar-refractivity contribution in [3.63, 3.8) is 0 Å². The second kappa shape index (κ2) is 5.32. The summed E-state index contributed by atoms with van der Waals surface area (Å²) in [6.07, 6.45) is 1.66. The Morgan fingerprint density at radius 2 is 2.39 bits per heavy atom. The van der Waals surface area contributed by atoms with Crippen LogP contribution >= 0.6 is 11.3 Å². The fourth-order valence-corrected chi connectivity index (χ4v) is 2.47. The zero-order chi connectivity index (χ0) is 13.1. The number of nitro groups is 1. The molecular formula is C10H15N5O2S. The molecule has 2 aromatic rings. The van der Waals surface area contributed by atoms with Crippen molar-refractivity contribution in [2.75, 3.05) is 25.5 Å². The number of rotatable bonds is 6. The lowest BCUT2D eigenvalue weighted by molar-refractivity contribution is -0.389. The lowest BCUT2D eigenvalue weighted by Gasteiger charge is -2.10. The van der Waals surface area contributed by atoms with Crippen LogP contribution in [0.3, 0.4) is 0 Å². The molecule has 98 valence electrons. The highest BCUT2D eigenvalue weighted by Crippen LogP contribution is 2.27. The first-order valence-electron chi connectivity index (χ1n) is 5.62. The topological polar surface area (TPSA) is 84.5 Å². The minimum atomic E-state index is -0.405. The number of aromatic nitrogens is 2. The molecule has 0 aliphatic heterocycles. The molecule has 7 nitrogen and oxygen atoms in total. The average Bonchev–Trinajstić information content (AvgIpc) is 2.85. The fraction of sp³-hybridized carbons (Fsp3) is 0.500. The second-order valence-corrected chi connectivity index (χ2v) is 5.01. The second-order valence-electron chi connectivity index (χ2n) is 4.14. The SMILES string of the molecule is CNCC(C)CNc1nc2sccn2c1[N+](=O)[O-]. The van der Waals surface area contributed by atoms with Gasteiger partial charge in [-0.25, -0.2) is 0 Å². The molecule has 2 N–H and O–H groups in total. The van der Waals surface area contributed by atoms with E-state index in [1.54, 1.807) is 11.6 Å². The van der Waals surface area contributed by atoms with Gasteiger partial charge in [-0.3, -0.25) is 0 Å². The third kappa shape index (κ3) is 2.44. The number of hydrogen-bond acceptors (Lipinski definition) is 6. The summed E-state index contributed by atoms with van der Waals surface area (Å²) in [6, 6.07) is 0. The van der Waals surface area contributed by atoms with Gasteiger partial charge in [0.05, 0.1) is 0 Å². The van der Waals surface area contributed by atoms with Gasteiger partial charge in [0.1, 0.15) is 6.20 Å². The Kier molecular flexibility index (Phi) is 3.78. The molecule has 0 radical (unpaired) electrons. The van der Waals surface area contributed by atoms with E-state index in [4.69, 9.17) is 0 Å². The van der Waals surface area contributed by atoms with Gasteiger partial charge in [-0.1, -0.05) is 18.3 Å². The molecule has 2 rings (SSSR count). The molecule has 0 aliphatic rings. The van der Waals surface area contributed by atoms with Gasteiger partial charge in [0, 0.05) is 11.9 Å². The van der Waals surface area contributed by atoms with E-state index in [0.29, 0.717) is 23.2 Å². The molecule has 1 unspecified atom stereocenters. The summed E-state index contributed by atoms with van der Waals surface area (Å²) in [6.45, 7) is 3.56. The largest absolute Gasteiger partial charge is 0.372 e. The fourth-order valence-electron chi connectivity index (χ4n) is 1.76. The summed E-state index contributed by atoms with van der Waals surface area (Å²) in [4.78, 5) is 15.5. The standard InChI is InChI=1S/C10H15N5O2S/c1-7(5-11-2)6-12-8-9(15(16)17)14-3-4-18-10(14)13-8/h3-4,7,11-12H,5-6H2,1-2H3. The third-order valence-electron chi connectivity index (χ3n) is 2.58. The van der Waals surface area contributed by atoms with Gasteiger partial charge in [0.2, 0.25) is 5.82 Å². The molecule has 18 heavy (non-hydrogen) atoms. The quantitative estimate of drug-likeness (QED) is 0.614. The van der Waals surface area contributed by atoms with Gasteiger partial charge in [-0.15, -0.1) is 0 Å². The van der Waals surface area contributed by atoms with E-state index < -0.39 is 4.92 Å². The number of thiazole rings is 1. The lowest BCUT2D eigenvalue weighted by atomic mass is 10.2. The van der Waals surface area contributed by atoms with Crippen LogP contribution in [0.25, 0.3) is 4.96 Å². The molecule has 2 aromatic heterocycles. The Bertz CT molecular complexity index is 549. The molecule has 2 heterocycles. The first kappa shape index (κ1) is 12.8. The molecule has 1 atom stereocenters. The van der Waals surface area contributed by atoms with E-state index in [9.17, 15) is 10.1 Å². The molecule has 0 saturated heterocycles. The molecule has 0 aromatic carbocycles. The Hall–Kier alpha value is -1.67. The minimum Gasteiger partial charge on any atom is -0.363 e. The molecule has 0 bridgehead atoms. The number of fused-ring (bicyclic) bond motifs is 1. The van der Waals surface area contributed by atoms with Crippen molar-refractivity contribution < 1.29 is 4.92 Å². The zero-order valence-electron chi connectivity index (χ0n) is 10.2. The predicted octanol–water partition coefficient (Wildman–Crippen LogP) is 1.57. The van der Waals surface area contributed by atoms with Crippen molar-refractivity contribution in [3.8, 4) is 0 Å². The van der Waals surface area contributed by atoms with Crippen LogP contribution in [0.4, 0.5) is 11.6 Å². The summed E-state index contributed by atoms with van der Waals surface area (Å²) in [7, 11) is 1.88. The van der Waals surface area contributed by atoms with E-state index in [0.717, 1.165) is 6.54 Å². The maximum absolute atomic E-state index is 11.1. The van der Waals surface area contributed by atoms with Crippen molar-refractivity contribution in [1.29, 1.82) is 0 Å². The number of nitrogens with one attached hydrogen (secondary N) is 2. The summed E-state index contributed by atoms with van der Waals surface area (Å²) in [5.41, 5.74) is 0. The van der Waals surface area contributed by atoms with Crippen LogP contribution in [0.2, 0.25) is 0 Å². The van der Waals surface area contributed by atoms with Crippen LogP contribution in [0.15, 0.2) is 11.6 Å². The third-order valence-corrected chi connectivity index (χ3v) is 3.34. The molecule has 8 heteroatoms. The van der Waals surface area contributed by atoms with E-state index >= 15 is 0 Å². The van der Waals surface area contributed by atoms with Gasteiger partial charge in [-0.05, 0) is 24.4 Å². The van der Waals surface area contributed by atoms with E-state index in [1.807, 2.05) is 7.05 Å². The highest BCUT2D eigenvalue weighted by Gasteiger charge is 2.23. The van der Waals surface area contributed by atoms with E-state index in [1.165, 1.54) is 15.7 Å². The Balaban J connectivity index is 2.19. The molecular weight excluding hydrogens is 254 g/mol. The van der Waals surface area contributed by atoms with Crippen LogP contribution in [-0.4, -0.2) is 34.4 Å². The monoisotopic (exact) mass is 269 g/mol. The maximum Gasteiger partial charge on any atom is 0.372 e. The lowest BCUT2D eigenvalue weighted by Crippen LogP contribution is -2.23. The first-order chi connectivity index (χ1) is 8.63. The van der Waals surface area contributed by atoms with Gasteiger partial charge in [-0.2, -0.15) is 9.38 Å². The van der Waals surface area contributed by atoms with Gasteiger partial charge >= 0.3 is 5.82 Å². The van der Waals surface area contributed by atoms with Crippen LogP contribution in [0, 0.1) is 16.0 Å². The smallest absolute Gasteiger partial charge is 0.363 e. The number of hydrogen-bond donors (Lipinski definition) is 2. The normalized spacial score (nSPS) is 12.8. The molecule has 0 aliphatic carbocycles. The van der Waals surface area contributed by atoms with E-state index in [-0.39, 0.29) is 5.82 Å². The van der Waals surface area contributed by atoms with Crippen LogP contribution < -0.4 is 10.6 Å². The summed E-state index contributed by atoms with van der Waals surface area (Å²) in [5.74, 6) is 0.715. The average molecular weight is 269 g/mol. The van der Waals surface area contributed by atoms with Crippen LogP contribution in [0.5, 0.6) is 0 Å². The van der Waals surface area contributed by atoms with Crippen molar-refractivity contribution in [1.82, 2.24) is 14.7 Å². The first-order valence-corrected chi connectivity index (χ1v) is 6.50. The minimum absolute atomic E-state index is 0.00269. The summed E-state index contributed by atoms with van der Waals surface area (Å²) in [5, 5.41) is 19.0. The van der Waals surface area contributed by atoms with Gasteiger partial charge in [0.25, 0.3) is 4.96 Å². The molecule has 0 fully saturated rings. The highest BCUT2D eigenvalue weighted by molar-refractivity contribution is 7.15. The number of imidazole rings is 1. The van der Waals surface area contributed by atoms with Gasteiger partial charge < -0.3 is 20.7 Å². The number of nitrogens with zero attached hydrogens (tertiary/aromatic N) is 3. The van der Waals surface area contributed by atoms with Gasteiger partial charge in [0.15, 0.2) is 0 Å². The summed E-state index contributed by atoms with van der Waals surface area (Å²) >= 11 is 1.38. The maximum atomic E-state index is 11.1. The van der Waals surface area contributed by atoms with Crippen LogP contribution in [0.1, 0.15) is 6.92 Å². The Labute approximate surface area is 108 Å². The Morgan fingerprint density at radius 1 is 1.61 bits per heavy atom. The molecule has 0 amide bonds. The van der Waals surface area contributed by atoms with Crippen molar-refractivity contribution >= 4 is 27.9 Å². The molecule has 0 spiro atoms. The predicted molar refractivity (Wildman–Crippen MR) is 71.3 cm³/mol. The van der Waals surface area contributed by atoms with Crippen molar-refractivity contribution in [3.05, 3.63) is 21.7 Å². The van der Waals surface area contributed by atoms with Crippen molar-refractivity contribution in [2.45, 2.75) is 6.92 Å². The highest BCUT2D eigenvalue weighted by atomic mass is 32.1. The van der Waals surface area contributed by atoms with Crippen LogP contribution in [-0.2, 0) is 0 Å². The molecule has 0 saturated carbocycles. The van der Waals surface area contributed by atoms with Crippen molar-refractivity contribution in [2.24, 2.45) is 5.92 Å². The number of anilines is 1. The zero-order valence-corrected chi connectivity index (χ0v) is 11.0. The van der Waals surface area contributed by atoms with E-state index in [2.05, 4.69) is 22.5 Å².